The minimum absolute atomic E-state index is 0.00228. The largest absolute Gasteiger partial charge is 0.464 e. The molecule has 2 aliphatic rings. The third-order valence-electron chi connectivity index (χ3n) is 5.76. The van der Waals surface area contributed by atoms with E-state index in [0.717, 1.165) is 62.2 Å². The zero-order valence-electron chi connectivity index (χ0n) is 15.8. The molecule has 0 saturated carbocycles. The first kappa shape index (κ1) is 21.3. The van der Waals surface area contributed by atoms with Crippen molar-refractivity contribution in [3.63, 3.8) is 0 Å². The summed E-state index contributed by atoms with van der Waals surface area (Å²) in [5.74, 6) is -1.41. The summed E-state index contributed by atoms with van der Waals surface area (Å²) in [6, 6.07) is 1.94. The summed E-state index contributed by atoms with van der Waals surface area (Å²) in [4.78, 5) is 16.9. The number of sulfonamides is 1. The average Bonchev–Trinajstić information content (AvgIpc) is 3.38. The molecule has 0 radical (unpaired) electrons. The number of aromatic nitrogens is 1. The lowest BCUT2D eigenvalue weighted by Gasteiger charge is -2.32. The maximum atomic E-state index is 14.8. The molecule has 0 unspecified atom stereocenters. The second-order valence-corrected chi connectivity index (χ2v) is 10.3. The summed E-state index contributed by atoms with van der Waals surface area (Å²) in [6.07, 6.45) is 2.53. The van der Waals surface area contributed by atoms with Crippen LogP contribution < -0.4 is 9.62 Å². The number of nitrogens with zero attached hydrogens (tertiary/aromatic N) is 3. The highest BCUT2D eigenvalue weighted by Gasteiger charge is 2.44. The Hall–Kier alpha value is -1.95. The topological polar surface area (TPSA) is 103 Å². The number of anilines is 2. The molecule has 12 heteroatoms. The predicted octanol–water partition coefficient (Wildman–Crippen LogP) is 3.85. The van der Waals surface area contributed by atoms with E-state index in [4.69, 9.17) is 11.6 Å². The van der Waals surface area contributed by atoms with Crippen LogP contribution in [0.4, 0.5) is 20.7 Å². The van der Waals surface area contributed by atoms with Gasteiger partial charge in [-0.3, -0.25) is 4.90 Å². The number of rotatable bonds is 6. The molecule has 4 rings (SSSR count). The van der Waals surface area contributed by atoms with Crippen molar-refractivity contribution in [2.24, 2.45) is 0 Å². The van der Waals surface area contributed by atoms with Crippen LogP contribution in [0, 0.1) is 5.82 Å². The van der Waals surface area contributed by atoms with Gasteiger partial charge in [-0.2, -0.15) is 0 Å². The van der Waals surface area contributed by atoms with Crippen molar-refractivity contribution >= 4 is 50.6 Å². The first-order chi connectivity index (χ1) is 14.2. The quantitative estimate of drug-likeness (QED) is 0.655. The number of thiazole rings is 1. The Morgan fingerprint density at radius 2 is 2.07 bits per heavy atom. The van der Waals surface area contributed by atoms with Gasteiger partial charge in [0, 0.05) is 17.5 Å². The molecule has 162 valence electrons. The number of carbonyl (C=O) groups is 1. The van der Waals surface area contributed by atoms with Gasteiger partial charge in [-0.25, -0.2) is 22.6 Å². The van der Waals surface area contributed by atoms with Crippen molar-refractivity contribution in [1.29, 1.82) is 0 Å². The Kier molecular flexibility index (Phi) is 5.64. The van der Waals surface area contributed by atoms with Gasteiger partial charge in [-0.15, -0.1) is 15.6 Å². The average molecular weight is 475 g/mol. The van der Waals surface area contributed by atoms with Crippen LogP contribution in [-0.2, 0) is 10.0 Å². The summed E-state index contributed by atoms with van der Waals surface area (Å²) >= 11 is 7.27. The first-order valence-corrected chi connectivity index (χ1v) is 12.2. The van der Waals surface area contributed by atoms with Crippen LogP contribution in [0.5, 0.6) is 0 Å². The van der Waals surface area contributed by atoms with E-state index in [-0.39, 0.29) is 26.4 Å². The second kappa shape index (κ2) is 7.95. The third kappa shape index (κ3) is 3.64. The van der Waals surface area contributed by atoms with Gasteiger partial charge in [0.1, 0.15) is 10.7 Å². The fourth-order valence-corrected chi connectivity index (χ4v) is 6.56. The third-order valence-corrected chi connectivity index (χ3v) is 8.34. The maximum Gasteiger partial charge on any atom is 0.427 e. The van der Waals surface area contributed by atoms with E-state index in [9.17, 15) is 22.7 Å². The van der Waals surface area contributed by atoms with Crippen molar-refractivity contribution in [3.8, 4) is 0 Å². The van der Waals surface area contributed by atoms with E-state index in [2.05, 4.69) is 15.2 Å². The van der Waals surface area contributed by atoms with Gasteiger partial charge < -0.3 is 10.4 Å². The number of fused-ring (bicyclic) bond motifs is 1. The number of hydrogen-bond donors (Lipinski definition) is 2. The smallest absolute Gasteiger partial charge is 0.427 e. The van der Waals surface area contributed by atoms with Gasteiger partial charge in [0.05, 0.1) is 16.2 Å². The van der Waals surface area contributed by atoms with Crippen LogP contribution in [-0.4, -0.2) is 54.7 Å². The Balaban J connectivity index is 1.61. The summed E-state index contributed by atoms with van der Waals surface area (Å²) in [6.45, 7) is 2.67. The van der Waals surface area contributed by atoms with Crippen molar-refractivity contribution < 1.29 is 22.7 Å². The van der Waals surface area contributed by atoms with E-state index in [1.165, 1.54) is 10.9 Å². The minimum Gasteiger partial charge on any atom is -0.464 e. The molecule has 0 atom stereocenters. The molecule has 2 saturated heterocycles. The van der Waals surface area contributed by atoms with Gasteiger partial charge in [-0.1, -0.05) is 11.6 Å². The highest BCUT2D eigenvalue weighted by molar-refractivity contribution is 7.93. The molecule has 1 aromatic carbocycles. The van der Waals surface area contributed by atoms with E-state index in [0.29, 0.717) is 6.54 Å². The SMILES string of the molecule is O=C(O)N(c1cscn1)S(=O)(=O)c1cc(Cl)c(NCC23CCCN2CCC3)cc1F. The van der Waals surface area contributed by atoms with Crippen molar-refractivity contribution in [2.75, 3.05) is 29.3 Å². The number of amides is 1. The first-order valence-electron chi connectivity index (χ1n) is 9.39. The molecule has 2 fully saturated rings. The van der Waals surface area contributed by atoms with Gasteiger partial charge in [0.15, 0.2) is 5.82 Å². The van der Waals surface area contributed by atoms with Gasteiger partial charge >= 0.3 is 6.09 Å². The fraction of sp³-hybridized carbons (Fsp3) is 0.444. The van der Waals surface area contributed by atoms with E-state index in [1.54, 1.807) is 0 Å². The highest BCUT2D eigenvalue weighted by Crippen LogP contribution is 2.39. The summed E-state index contributed by atoms with van der Waals surface area (Å²) < 4.78 is 40.6. The van der Waals surface area contributed by atoms with Crippen LogP contribution in [0.1, 0.15) is 25.7 Å². The Morgan fingerprint density at radius 3 is 2.67 bits per heavy atom. The number of nitrogens with one attached hydrogen (secondary N) is 1. The number of carboxylic acid groups (broad SMARTS) is 1. The van der Waals surface area contributed by atoms with Crippen LogP contribution >= 0.6 is 22.9 Å². The Labute approximate surface area is 182 Å². The maximum absolute atomic E-state index is 14.8. The monoisotopic (exact) mass is 474 g/mol. The summed E-state index contributed by atoms with van der Waals surface area (Å²) in [5, 5.41) is 13.8. The fourth-order valence-electron chi connectivity index (χ4n) is 4.36. The zero-order chi connectivity index (χ0) is 21.5. The van der Waals surface area contributed by atoms with Crippen LogP contribution in [0.2, 0.25) is 5.02 Å². The lowest BCUT2D eigenvalue weighted by Crippen LogP contribution is -2.44. The van der Waals surface area contributed by atoms with E-state index >= 15 is 0 Å². The molecule has 1 amide bonds. The van der Waals surface area contributed by atoms with Crippen molar-refractivity contribution in [2.45, 2.75) is 36.1 Å². The molecular formula is C18H20ClFN4O4S2. The molecule has 0 bridgehead atoms. The van der Waals surface area contributed by atoms with E-state index in [1.807, 2.05) is 0 Å². The molecule has 1 aromatic heterocycles. The van der Waals surface area contributed by atoms with Gasteiger partial charge in [-0.05, 0) is 50.9 Å². The minimum atomic E-state index is -4.76. The summed E-state index contributed by atoms with van der Waals surface area (Å²) in [7, 11) is -4.76. The van der Waals surface area contributed by atoms with Gasteiger partial charge in [0.2, 0.25) is 0 Å². The molecule has 0 spiro atoms. The molecule has 3 heterocycles. The molecular weight excluding hydrogens is 455 g/mol. The molecule has 2 aromatic rings. The van der Waals surface area contributed by atoms with Crippen LogP contribution in [0.15, 0.2) is 27.9 Å². The Bertz CT molecular complexity index is 1050. The lowest BCUT2D eigenvalue weighted by molar-refractivity contribution is 0.206. The van der Waals surface area contributed by atoms with Crippen LogP contribution in [0.3, 0.4) is 0 Å². The molecule has 2 aliphatic heterocycles. The predicted molar refractivity (Wildman–Crippen MR) is 112 cm³/mol. The van der Waals surface area contributed by atoms with Crippen LogP contribution in [0.25, 0.3) is 0 Å². The molecule has 30 heavy (non-hydrogen) atoms. The van der Waals surface area contributed by atoms with Gasteiger partial charge in [0.25, 0.3) is 10.0 Å². The summed E-state index contributed by atoms with van der Waals surface area (Å²) in [5.41, 5.74) is 1.58. The highest BCUT2D eigenvalue weighted by atomic mass is 35.5. The van der Waals surface area contributed by atoms with E-state index < -0.39 is 26.8 Å². The molecule has 2 N–H and O–H groups in total. The second-order valence-electron chi connectivity index (χ2n) is 7.43. The molecule has 8 nitrogen and oxygen atoms in total. The van der Waals surface area contributed by atoms with Crippen molar-refractivity contribution in [1.82, 2.24) is 9.88 Å². The Morgan fingerprint density at radius 1 is 1.37 bits per heavy atom. The molecule has 0 aliphatic carbocycles. The number of benzene rings is 1. The standard InChI is InChI=1S/C18H20ClFN4O4S2/c19-12-7-15(30(27,28)24(17(25)26)16-9-29-11-22-16)13(20)8-14(12)21-10-18-3-1-5-23(18)6-2-4-18/h7-9,11,21H,1-6,10H2,(H,25,26). The normalized spacial score (nSPS) is 18.3. The number of halogens is 2. The zero-order valence-corrected chi connectivity index (χ0v) is 18.2. The van der Waals surface area contributed by atoms with Crippen molar-refractivity contribution in [3.05, 3.63) is 33.9 Å². The lowest BCUT2D eigenvalue weighted by atomic mass is 9.94. The number of hydrogen-bond acceptors (Lipinski definition) is 7.